The van der Waals surface area contributed by atoms with Crippen molar-refractivity contribution in [1.29, 1.82) is 0 Å². The minimum absolute atomic E-state index is 0.353. The summed E-state index contributed by atoms with van der Waals surface area (Å²) in [6, 6.07) is 1.69. The van der Waals surface area contributed by atoms with Crippen LogP contribution in [0.25, 0.3) is 0 Å². The zero-order valence-electron chi connectivity index (χ0n) is 11.2. The lowest BCUT2D eigenvalue weighted by Crippen LogP contribution is -2.39. The fraction of sp³-hybridized carbons (Fsp3) is 0.615. The molecule has 0 aliphatic carbocycles. The second kappa shape index (κ2) is 6.56. The number of carbonyl (C=O) groups is 1. The van der Waals surface area contributed by atoms with E-state index in [1.807, 2.05) is 13.8 Å². The first-order valence-electron chi connectivity index (χ1n) is 6.24. The van der Waals surface area contributed by atoms with Crippen LogP contribution in [0.15, 0.2) is 12.3 Å². The summed E-state index contributed by atoms with van der Waals surface area (Å²) in [6.45, 7) is 4.92. The van der Waals surface area contributed by atoms with Gasteiger partial charge in [-0.1, -0.05) is 13.8 Å². The first kappa shape index (κ1) is 14.7. The Morgan fingerprint density at radius 2 is 2.17 bits per heavy atom. The smallest absolute Gasteiger partial charge is 0.339 e. The molecule has 0 radical (unpaired) electrons. The molecule has 102 valence electrons. The van der Waals surface area contributed by atoms with Crippen LogP contribution in [0.5, 0.6) is 0 Å². The van der Waals surface area contributed by atoms with Crippen LogP contribution in [0, 0.1) is 0 Å². The van der Waals surface area contributed by atoms with Crippen molar-refractivity contribution in [1.82, 2.24) is 10.3 Å². The van der Waals surface area contributed by atoms with Crippen LogP contribution in [0.4, 0.5) is 0 Å². The number of aromatic amines is 1. The van der Waals surface area contributed by atoms with Crippen LogP contribution < -0.4 is 5.32 Å². The first-order valence-corrected chi connectivity index (χ1v) is 6.24. The van der Waals surface area contributed by atoms with E-state index in [1.165, 1.54) is 7.11 Å². The van der Waals surface area contributed by atoms with Crippen LogP contribution in [0.2, 0.25) is 0 Å². The number of aliphatic hydroxyl groups is 1. The van der Waals surface area contributed by atoms with Crippen molar-refractivity contribution in [3.05, 3.63) is 23.5 Å². The molecular formula is C13H22N2O3. The topological polar surface area (TPSA) is 74.4 Å². The summed E-state index contributed by atoms with van der Waals surface area (Å²) < 4.78 is 4.69. The van der Waals surface area contributed by atoms with Crippen molar-refractivity contribution in [2.45, 2.75) is 38.8 Å². The number of hydrogen-bond acceptors (Lipinski definition) is 4. The van der Waals surface area contributed by atoms with Gasteiger partial charge in [0.2, 0.25) is 0 Å². The van der Waals surface area contributed by atoms with Gasteiger partial charge in [-0.3, -0.25) is 0 Å². The Morgan fingerprint density at radius 1 is 1.50 bits per heavy atom. The number of hydrogen-bond donors (Lipinski definition) is 3. The summed E-state index contributed by atoms with van der Waals surface area (Å²) in [5.74, 6) is -0.353. The molecule has 0 aliphatic heterocycles. The Hall–Kier alpha value is -1.33. The SMILES string of the molecule is CCC(O)(CC)CNCc1[nH]ccc1C(=O)OC. The largest absolute Gasteiger partial charge is 0.465 e. The molecule has 0 atom stereocenters. The third-order valence-corrected chi connectivity index (χ3v) is 3.31. The van der Waals surface area contributed by atoms with E-state index >= 15 is 0 Å². The average molecular weight is 254 g/mol. The molecule has 0 aromatic carbocycles. The van der Waals surface area contributed by atoms with Crippen molar-refractivity contribution in [2.24, 2.45) is 0 Å². The Balaban J connectivity index is 2.54. The van der Waals surface area contributed by atoms with Gasteiger partial charge in [-0.25, -0.2) is 4.79 Å². The summed E-state index contributed by atoms with van der Waals surface area (Å²) in [5, 5.41) is 13.3. The zero-order valence-corrected chi connectivity index (χ0v) is 11.2. The third-order valence-electron chi connectivity index (χ3n) is 3.31. The quantitative estimate of drug-likeness (QED) is 0.644. The fourth-order valence-corrected chi connectivity index (χ4v) is 1.77. The number of ether oxygens (including phenoxy) is 1. The molecule has 0 spiro atoms. The van der Waals surface area contributed by atoms with Crippen LogP contribution in [-0.4, -0.2) is 35.3 Å². The van der Waals surface area contributed by atoms with Crippen LogP contribution in [-0.2, 0) is 11.3 Å². The molecule has 1 heterocycles. The molecule has 0 bridgehead atoms. The number of esters is 1. The summed E-state index contributed by atoms with van der Waals surface area (Å²) in [4.78, 5) is 14.4. The molecule has 0 unspecified atom stereocenters. The van der Waals surface area contributed by atoms with Gasteiger partial charge >= 0.3 is 5.97 Å². The molecule has 1 aromatic heterocycles. The molecule has 3 N–H and O–H groups in total. The number of aromatic nitrogens is 1. The van der Waals surface area contributed by atoms with E-state index in [4.69, 9.17) is 0 Å². The maximum Gasteiger partial charge on any atom is 0.339 e. The van der Waals surface area contributed by atoms with E-state index in [9.17, 15) is 9.90 Å². The van der Waals surface area contributed by atoms with Gasteiger partial charge < -0.3 is 20.1 Å². The zero-order chi connectivity index (χ0) is 13.6. The maximum absolute atomic E-state index is 11.4. The van der Waals surface area contributed by atoms with E-state index in [2.05, 4.69) is 15.0 Å². The monoisotopic (exact) mass is 254 g/mol. The van der Waals surface area contributed by atoms with Crippen molar-refractivity contribution in [3.63, 3.8) is 0 Å². The van der Waals surface area contributed by atoms with Crippen LogP contribution in [0.3, 0.4) is 0 Å². The minimum atomic E-state index is -0.683. The fourth-order valence-electron chi connectivity index (χ4n) is 1.77. The molecular weight excluding hydrogens is 232 g/mol. The number of nitrogens with one attached hydrogen (secondary N) is 2. The highest BCUT2D eigenvalue weighted by Crippen LogP contribution is 2.14. The third kappa shape index (κ3) is 3.58. The van der Waals surface area contributed by atoms with E-state index < -0.39 is 5.60 Å². The predicted octanol–water partition coefficient (Wildman–Crippen LogP) is 1.44. The normalized spacial score (nSPS) is 11.6. The summed E-state index contributed by atoms with van der Waals surface area (Å²) in [5.41, 5.74) is 0.621. The van der Waals surface area contributed by atoms with Gasteiger partial charge in [-0.15, -0.1) is 0 Å². The van der Waals surface area contributed by atoms with Crippen molar-refractivity contribution >= 4 is 5.97 Å². The van der Waals surface area contributed by atoms with Gasteiger partial charge in [0, 0.05) is 25.0 Å². The summed E-state index contributed by atoms with van der Waals surface area (Å²) >= 11 is 0. The minimum Gasteiger partial charge on any atom is -0.465 e. The highest BCUT2D eigenvalue weighted by atomic mass is 16.5. The van der Waals surface area contributed by atoms with E-state index in [-0.39, 0.29) is 5.97 Å². The maximum atomic E-state index is 11.4. The molecule has 0 fully saturated rings. The second-order valence-corrected chi connectivity index (χ2v) is 4.40. The lowest BCUT2D eigenvalue weighted by Gasteiger charge is -2.25. The Kier molecular flexibility index (Phi) is 5.37. The number of methoxy groups -OCH3 is 1. The summed E-state index contributed by atoms with van der Waals surface area (Å²) in [6.07, 6.45) is 3.10. The molecule has 5 heteroatoms. The second-order valence-electron chi connectivity index (χ2n) is 4.40. The Labute approximate surface area is 108 Å². The molecule has 0 aliphatic rings. The van der Waals surface area contributed by atoms with E-state index in [0.717, 1.165) is 5.69 Å². The summed E-state index contributed by atoms with van der Waals surface area (Å²) in [7, 11) is 1.36. The number of carbonyl (C=O) groups excluding carboxylic acids is 1. The van der Waals surface area contributed by atoms with Gasteiger partial charge in [-0.05, 0) is 18.9 Å². The van der Waals surface area contributed by atoms with Crippen molar-refractivity contribution < 1.29 is 14.6 Å². The Morgan fingerprint density at radius 3 is 2.72 bits per heavy atom. The standard InChI is InChI=1S/C13H22N2O3/c1-4-13(17,5-2)9-14-8-11-10(6-7-15-11)12(16)18-3/h6-7,14-15,17H,4-5,8-9H2,1-3H3. The number of rotatable bonds is 7. The molecule has 0 saturated heterocycles. The molecule has 0 amide bonds. The molecule has 1 rings (SSSR count). The lowest BCUT2D eigenvalue weighted by molar-refractivity contribution is 0.0322. The molecule has 18 heavy (non-hydrogen) atoms. The molecule has 1 aromatic rings. The van der Waals surface area contributed by atoms with E-state index in [0.29, 0.717) is 31.5 Å². The molecule has 0 saturated carbocycles. The first-order chi connectivity index (χ1) is 8.56. The van der Waals surface area contributed by atoms with E-state index in [1.54, 1.807) is 12.3 Å². The van der Waals surface area contributed by atoms with Gasteiger partial charge in [0.1, 0.15) is 0 Å². The van der Waals surface area contributed by atoms with Gasteiger partial charge in [0.05, 0.1) is 18.3 Å². The van der Waals surface area contributed by atoms with Gasteiger partial charge in [0.15, 0.2) is 0 Å². The van der Waals surface area contributed by atoms with Gasteiger partial charge in [-0.2, -0.15) is 0 Å². The highest BCUT2D eigenvalue weighted by Gasteiger charge is 2.21. The van der Waals surface area contributed by atoms with Crippen LogP contribution >= 0.6 is 0 Å². The lowest BCUT2D eigenvalue weighted by atomic mass is 9.97. The number of H-pyrrole nitrogens is 1. The van der Waals surface area contributed by atoms with Crippen molar-refractivity contribution in [3.8, 4) is 0 Å². The highest BCUT2D eigenvalue weighted by molar-refractivity contribution is 5.90. The average Bonchev–Trinajstić information content (AvgIpc) is 2.86. The van der Waals surface area contributed by atoms with Crippen molar-refractivity contribution in [2.75, 3.05) is 13.7 Å². The van der Waals surface area contributed by atoms with Crippen LogP contribution in [0.1, 0.15) is 42.7 Å². The molecule has 5 nitrogen and oxygen atoms in total. The van der Waals surface area contributed by atoms with Gasteiger partial charge in [0.25, 0.3) is 0 Å². The Bertz CT molecular complexity index is 383. The predicted molar refractivity (Wildman–Crippen MR) is 69.4 cm³/mol.